The first kappa shape index (κ1) is 18.4. The number of nitrogens with zero attached hydrogens (tertiary/aromatic N) is 1. The largest absolute Gasteiger partial charge is 0.340 e. The van der Waals surface area contributed by atoms with Gasteiger partial charge >= 0.3 is 0 Å². The highest BCUT2D eigenvalue weighted by Gasteiger charge is 2.28. The Hall–Kier alpha value is -0.630. The van der Waals surface area contributed by atoms with Crippen LogP contribution in [0.25, 0.3) is 0 Å². The third kappa shape index (κ3) is 4.67. The molecule has 2 amide bonds. The number of thiophene rings is 1. The fourth-order valence-corrected chi connectivity index (χ4v) is 3.47. The fraction of sp³-hybridized carbons (Fsp3) is 0.538. The van der Waals surface area contributed by atoms with Crippen LogP contribution >= 0.6 is 39.7 Å². The number of carbonyl (C=O) groups excluding carboxylic acids is 2. The molecule has 0 saturated carbocycles. The number of halogens is 2. The summed E-state index contributed by atoms with van der Waals surface area (Å²) in [5, 5.41) is 6.01. The number of hydrogen-bond acceptors (Lipinski definition) is 4. The predicted octanol–water partition coefficient (Wildman–Crippen LogP) is 1.87. The van der Waals surface area contributed by atoms with Gasteiger partial charge in [0.05, 0.1) is 8.66 Å². The zero-order valence-corrected chi connectivity index (χ0v) is 15.1. The van der Waals surface area contributed by atoms with E-state index in [9.17, 15) is 9.59 Å². The molecular formula is C13H19BrClN3O2S. The van der Waals surface area contributed by atoms with Gasteiger partial charge in [0.25, 0.3) is 5.91 Å². The summed E-state index contributed by atoms with van der Waals surface area (Å²) in [4.78, 5) is 26.8. The molecule has 1 fully saturated rings. The molecule has 0 bridgehead atoms. The molecule has 0 aliphatic carbocycles. The van der Waals surface area contributed by atoms with E-state index in [0.29, 0.717) is 11.4 Å². The molecule has 0 aromatic carbocycles. The van der Waals surface area contributed by atoms with Gasteiger partial charge in [0.2, 0.25) is 5.91 Å². The van der Waals surface area contributed by atoms with Crippen molar-refractivity contribution in [3.63, 3.8) is 0 Å². The molecule has 1 aliphatic rings. The van der Waals surface area contributed by atoms with Crippen molar-refractivity contribution in [2.75, 3.05) is 19.6 Å². The number of amides is 2. The highest BCUT2D eigenvalue weighted by atomic mass is 79.9. The Balaban J connectivity index is 0.00000220. The van der Waals surface area contributed by atoms with Crippen molar-refractivity contribution in [3.8, 4) is 0 Å². The van der Waals surface area contributed by atoms with Gasteiger partial charge in [-0.15, -0.1) is 23.7 Å². The summed E-state index contributed by atoms with van der Waals surface area (Å²) in [6.45, 7) is 6.02. The molecule has 1 aliphatic heterocycles. The molecule has 5 nitrogen and oxygen atoms in total. The molecular weight excluding hydrogens is 378 g/mol. The standard InChI is InChI=1S/C13H18BrN3O2S.ClH/c1-8-7-15-5-6-17(8)13(19)9(2)16-12(18)10-3-4-11(14)20-10;/h3-4,8-9,15H,5-7H2,1-2H3,(H,16,18);1H. The Labute approximate surface area is 143 Å². The summed E-state index contributed by atoms with van der Waals surface area (Å²) in [6, 6.07) is 3.22. The van der Waals surface area contributed by atoms with Crippen LogP contribution in [0.1, 0.15) is 23.5 Å². The molecule has 2 N–H and O–H groups in total. The average molecular weight is 397 g/mol. The first-order valence-corrected chi connectivity index (χ1v) is 8.17. The maximum Gasteiger partial charge on any atom is 0.262 e. The minimum Gasteiger partial charge on any atom is -0.340 e. The lowest BCUT2D eigenvalue weighted by Gasteiger charge is -2.35. The summed E-state index contributed by atoms with van der Waals surface area (Å²) in [6.07, 6.45) is 0. The molecule has 1 aromatic heterocycles. The van der Waals surface area contributed by atoms with Crippen LogP contribution in [0.4, 0.5) is 0 Å². The highest BCUT2D eigenvalue weighted by molar-refractivity contribution is 9.11. The Morgan fingerprint density at radius 1 is 1.52 bits per heavy atom. The molecule has 2 atom stereocenters. The van der Waals surface area contributed by atoms with E-state index in [1.807, 2.05) is 17.9 Å². The minimum absolute atomic E-state index is 0. The summed E-state index contributed by atoms with van der Waals surface area (Å²) < 4.78 is 0.900. The van der Waals surface area contributed by atoms with Crippen LogP contribution in [0.15, 0.2) is 15.9 Å². The molecule has 2 unspecified atom stereocenters. The fourth-order valence-electron chi connectivity index (χ4n) is 2.18. The number of piperazine rings is 1. The summed E-state index contributed by atoms with van der Waals surface area (Å²) >= 11 is 4.68. The molecule has 0 spiro atoms. The Kier molecular flexibility index (Phi) is 7.12. The molecule has 118 valence electrons. The zero-order valence-electron chi connectivity index (χ0n) is 11.9. The van der Waals surface area contributed by atoms with Gasteiger partial charge in [-0.05, 0) is 41.9 Å². The maximum atomic E-state index is 12.4. The second kappa shape index (κ2) is 8.12. The van der Waals surface area contributed by atoms with Crippen LogP contribution < -0.4 is 10.6 Å². The lowest BCUT2D eigenvalue weighted by Crippen LogP contribution is -2.57. The van der Waals surface area contributed by atoms with E-state index in [1.54, 1.807) is 13.0 Å². The topological polar surface area (TPSA) is 61.4 Å². The third-order valence-corrected chi connectivity index (χ3v) is 4.92. The van der Waals surface area contributed by atoms with Gasteiger partial charge in [0.15, 0.2) is 0 Å². The van der Waals surface area contributed by atoms with Crippen LogP contribution in [0.5, 0.6) is 0 Å². The summed E-state index contributed by atoms with van der Waals surface area (Å²) in [7, 11) is 0. The second-order valence-corrected chi connectivity index (χ2v) is 7.35. The van der Waals surface area contributed by atoms with Crippen molar-refractivity contribution in [1.82, 2.24) is 15.5 Å². The lowest BCUT2D eigenvalue weighted by atomic mass is 10.1. The molecule has 0 radical (unpaired) electrons. The SMILES string of the molecule is CC(NC(=O)c1ccc(Br)s1)C(=O)N1CCNCC1C.Cl. The Morgan fingerprint density at radius 3 is 2.81 bits per heavy atom. The predicted molar refractivity (Wildman–Crippen MR) is 90.2 cm³/mol. The van der Waals surface area contributed by atoms with E-state index in [2.05, 4.69) is 26.6 Å². The second-order valence-electron chi connectivity index (χ2n) is 4.88. The highest BCUT2D eigenvalue weighted by Crippen LogP contribution is 2.22. The van der Waals surface area contributed by atoms with Crippen LogP contribution in [-0.2, 0) is 4.79 Å². The van der Waals surface area contributed by atoms with Crippen molar-refractivity contribution in [3.05, 3.63) is 20.8 Å². The molecule has 8 heteroatoms. The first-order chi connectivity index (χ1) is 9.49. The van der Waals surface area contributed by atoms with Gasteiger partial charge in [0, 0.05) is 25.7 Å². The van der Waals surface area contributed by atoms with Crippen molar-refractivity contribution >= 4 is 51.5 Å². The van der Waals surface area contributed by atoms with E-state index >= 15 is 0 Å². The quantitative estimate of drug-likeness (QED) is 0.820. The van der Waals surface area contributed by atoms with Gasteiger partial charge in [-0.2, -0.15) is 0 Å². The average Bonchev–Trinajstić information content (AvgIpc) is 2.85. The first-order valence-electron chi connectivity index (χ1n) is 6.56. The number of carbonyl (C=O) groups is 2. The zero-order chi connectivity index (χ0) is 14.7. The minimum atomic E-state index is -0.510. The molecule has 21 heavy (non-hydrogen) atoms. The molecule has 1 saturated heterocycles. The van der Waals surface area contributed by atoms with Crippen molar-refractivity contribution in [1.29, 1.82) is 0 Å². The Bertz CT molecular complexity index is 511. The van der Waals surface area contributed by atoms with E-state index in [4.69, 9.17) is 0 Å². The number of rotatable bonds is 3. The number of hydrogen-bond donors (Lipinski definition) is 2. The molecule has 1 aromatic rings. The van der Waals surface area contributed by atoms with Crippen molar-refractivity contribution in [2.24, 2.45) is 0 Å². The molecule has 2 rings (SSSR count). The smallest absolute Gasteiger partial charge is 0.262 e. The van der Waals surface area contributed by atoms with Gasteiger partial charge in [-0.1, -0.05) is 0 Å². The molecule has 2 heterocycles. The van der Waals surface area contributed by atoms with Crippen LogP contribution in [0.3, 0.4) is 0 Å². The number of nitrogens with one attached hydrogen (secondary N) is 2. The van der Waals surface area contributed by atoms with Gasteiger partial charge in [-0.25, -0.2) is 0 Å². The van der Waals surface area contributed by atoms with Gasteiger partial charge < -0.3 is 15.5 Å². The van der Waals surface area contributed by atoms with Gasteiger partial charge in [-0.3, -0.25) is 9.59 Å². The summed E-state index contributed by atoms with van der Waals surface area (Å²) in [5.41, 5.74) is 0. The van der Waals surface area contributed by atoms with Gasteiger partial charge in [0.1, 0.15) is 6.04 Å². The van der Waals surface area contributed by atoms with E-state index < -0.39 is 6.04 Å². The normalized spacial score (nSPS) is 19.6. The van der Waals surface area contributed by atoms with E-state index in [0.717, 1.165) is 16.9 Å². The van der Waals surface area contributed by atoms with E-state index in [1.165, 1.54) is 11.3 Å². The third-order valence-electron chi connectivity index (χ3n) is 3.30. The van der Waals surface area contributed by atoms with Crippen molar-refractivity contribution in [2.45, 2.75) is 25.9 Å². The van der Waals surface area contributed by atoms with Crippen LogP contribution in [0.2, 0.25) is 0 Å². The van der Waals surface area contributed by atoms with Crippen LogP contribution in [-0.4, -0.2) is 48.4 Å². The lowest BCUT2D eigenvalue weighted by molar-refractivity contribution is -0.135. The Morgan fingerprint density at radius 2 is 2.24 bits per heavy atom. The maximum absolute atomic E-state index is 12.4. The summed E-state index contributed by atoms with van der Waals surface area (Å²) in [5.74, 6) is -0.229. The monoisotopic (exact) mass is 395 g/mol. The van der Waals surface area contributed by atoms with Crippen LogP contribution in [0, 0.1) is 0 Å². The van der Waals surface area contributed by atoms with Crippen molar-refractivity contribution < 1.29 is 9.59 Å². The van der Waals surface area contributed by atoms with E-state index in [-0.39, 0.29) is 30.3 Å².